The topological polar surface area (TPSA) is 18.5 Å². The lowest BCUT2D eigenvalue weighted by Crippen LogP contribution is -2.15. The average molecular weight is 134 g/mol. The summed E-state index contributed by atoms with van der Waals surface area (Å²) in [5.74, 6) is 0. The quantitative estimate of drug-likeness (QED) is 0.492. The van der Waals surface area contributed by atoms with E-state index in [-0.39, 0.29) is 0 Å². The molecule has 0 spiro atoms. The average Bonchev–Trinajstić information content (AvgIpc) is 1.83. The van der Waals surface area contributed by atoms with E-state index in [4.69, 9.17) is 9.16 Å². The standard InChI is InChI=1S/C5H14O2Si/c1-3-5(6-2)4-7-8/h5H,3-4H2,1-2,8H3. The maximum Gasteiger partial charge on any atom is 0.146 e. The van der Waals surface area contributed by atoms with Gasteiger partial charge in [0.25, 0.3) is 0 Å². The molecule has 0 bridgehead atoms. The molecule has 0 saturated carbocycles. The van der Waals surface area contributed by atoms with Crippen LogP contribution in [0.3, 0.4) is 0 Å². The van der Waals surface area contributed by atoms with Crippen molar-refractivity contribution in [2.24, 2.45) is 0 Å². The third-order valence-corrected chi connectivity index (χ3v) is 1.47. The van der Waals surface area contributed by atoms with Crippen molar-refractivity contribution in [3.8, 4) is 0 Å². The number of methoxy groups -OCH3 is 1. The van der Waals surface area contributed by atoms with Gasteiger partial charge in [-0.25, -0.2) is 0 Å². The third-order valence-electron chi connectivity index (χ3n) is 1.14. The smallest absolute Gasteiger partial charge is 0.146 e. The van der Waals surface area contributed by atoms with Gasteiger partial charge >= 0.3 is 0 Å². The highest BCUT2D eigenvalue weighted by Crippen LogP contribution is 1.93. The molecule has 0 rings (SSSR count). The summed E-state index contributed by atoms with van der Waals surface area (Å²) in [6, 6.07) is 0. The first-order chi connectivity index (χ1) is 3.85. The molecule has 3 heteroatoms. The summed E-state index contributed by atoms with van der Waals surface area (Å²) < 4.78 is 10.0. The minimum atomic E-state index is 0.312. The summed E-state index contributed by atoms with van der Waals surface area (Å²) in [5.41, 5.74) is 0. The van der Waals surface area contributed by atoms with Crippen molar-refractivity contribution in [3.05, 3.63) is 0 Å². The Morgan fingerprint density at radius 1 is 1.62 bits per heavy atom. The Hall–Kier alpha value is 0.137. The fourth-order valence-corrected chi connectivity index (χ4v) is 0.910. The molecule has 2 nitrogen and oxygen atoms in total. The van der Waals surface area contributed by atoms with Crippen LogP contribution in [0.2, 0.25) is 0 Å². The van der Waals surface area contributed by atoms with E-state index in [1.54, 1.807) is 7.11 Å². The molecule has 0 heterocycles. The van der Waals surface area contributed by atoms with E-state index in [0.717, 1.165) is 23.5 Å². The summed E-state index contributed by atoms with van der Waals surface area (Å²) in [6.45, 7) is 2.86. The van der Waals surface area contributed by atoms with Gasteiger partial charge in [0.15, 0.2) is 0 Å². The summed E-state index contributed by atoms with van der Waals surface area (Å²) in [5, 5.41) is 0. The van der Waals surface area contributed by atoms with E-state index in [9.17, 15) is 0 Å². The number of hydrogen-bond donors (Lipinski definition) is 0. The van der Waals surface area contributed by atoms with Crippen molar-refractivity contribution in [2.75, 3.05) is 13.7 Å². The van der Waals surface area contributed by atoms with Gasteiger partial charge in [0, 0.05) is 7.11 Å². The second-order valence-corrected chi connectivity index (χ2v) is 2.30. The molecule has 0 aromatic carbocycles. The van der Waals surface area contributed by atoms with Gasteiger partial charge in [0.05, 0.1) is 12.7 Å². The van der Waals surface area contributed by atoms with Crippen molar-refractivity contribution in [2.45, 2.75) is 19.4 Å². The lowest BCUT2D eigenvalue weighted by Gasteiger charge is -2.10. The summed E-state index contributed by atoms with van der Waals surface area (Å²) in [7, 11) is 2.53. The molecule has 50 valence electrons. The molecule has 0 saturated heterocycles. The number of hydrogen-bond acceptors (Lipinski definition) is 2. The molecule has 0 radical (unpaired) electrons. The monoisotopic (exact) mass is 134 g/mol. The van der Waals surface area contributed by atoms with Gasteiger partial charge in [-0.3, -0.25) is 0 Å². The molecule has 0 N–H and O–H groups in total. The first kappa shape index (κ1) is 8.14. The van der Waals surface area contributed by atoms with Crippen LogP contribution in [0.1, 0.15) is 13.3 Å². The van der Waals surface area contributed by atoms with Crippen LogP contribution in [0.5, 0.6) is 0 Å². The Balaban J connectivity index is 3.07. The predicted molar refractivity (Wildman–Crippen MR) is 37.0 cm³/mol. The van der Waals surface area contributed by atoms with Gasteiger partial charge in [-0.05, 0) is 6.42 Å². The first-order valence-corrected chi connectivity index (χ1v) is 3.68. The molecule has 1 unspecified atom stereocenters. The lowest BCUT2D eigenvalue weighted by atomic mass is 10.3. The van der Waals surface area contributed by atoms with E-state index in [2.05, 4.69) is 6.92 Å². The highest BCUT2D eigenvalue weighted by Gasteiger charge is 1.99. The number of ether oxygens (including phenoxy) is 1. The maximum atomic E-state index is 5.04. The normalized spacial score (nSPS) is 14.2. The largest absolute Gasteiger partial charge is 0.425 e. The minimum absolute atomic E-state index is 0.312. The van der Waals surface area contributed by atoms with E-state index in [1.807, 2.05) is 0 Å². The van der Waals surface area contributed by atoms with E-state index < -0.39 is 0 Å². The van der Waals surface area contributed by atoms with Crippen molar-refractivity contribution in [1.82, 2.24) is 0 Å². The molecular formula is C5H14O2Si. The first-order valence-electron chi connectivity index (χ1n) is 2.86. The molecular weight excluding hydrogens is 120 g/mol. The van der Waals surface area contributed by atoms with Crippen LogP contribution in [0, 0.1) is 0 Å². The zero-order valence-electron chi connectivity index (χ0n) is 5.81. The molecule has 0 aliphatic rings. The molecule has 0 aromatic rings. The second-order valence-electron chi connectivity index (χ2n) is 1.72. The van der Waals surface area contributed by atoms with E-state index in [1.165, 1.54) is 0 Å². The number of rotatable bonds is 4. The second kappa shape index (κ2) is 5.28. The van der Waals surface area contributed by atoms with E-state index >= 15 is 0 Å². The van der Waals surface area contributed by atoms with Crippen molar-refractivity contribution < 1.29 is 9.16 Å². The zero-order valence-corrected chi connectivity index (χ0v) is 7.81. The summed E-state index contributed by atoms with van der Waals surface area (Å²) in [6.07, 6.45) is 1.35. The Kier molecular flexibility index (Phi) is 5.37. The Morgan fingerprint density at radius 2 is 2.25 bits per heavy atom. The minimum Gasteiger partial charge on any atom is -0.425 e. The Bertz CT molecular complexity index is 45.7. The van der Waals surface area contributed by atoms with Crippen LogP contribution < -0.4 is 0 Å². The molecule has 8 heavy (non-hydrogen) atoms. The Morgan fingerprint density at radius 3 is 2.38 bits per heavy atom. The van der Waals surface area contributed by atoms with Crippen molar-refractivity contribution >= 4 is 10.5 Å². The van der Waals surface area contributed by atoms with Gasteiger partial charge in [-0.15, -0.1) is 0 Å². The molecule has 1 atom stereocenters. The van der Waals surface area contributed by atoms with Crippen LogP contribution in [-0.4, -0.2) is 30.3 Å². The summed E-state index contributed by atoms with van der Waals surface area (Å²) in [4.78, 5) is 0. The van der Waals surface area contributed by atoms with Crippen LogP contribution in [0.4, 0.5) is 0 Å². The molecule has 0 fully saturated rings. The van der Waals surface area contributed by atoms with Crippen LogP contribution in [0.25, 0.3) is 0 Å². The van der Waals surface area contributed by atoms with Gasteiger partial charge in [0.1, 0.15) is 10.5 Å². The fraction of sp³-hybridized carbons (Fsp3) is 1.00. The van der Waals surface area contributed by atoms with Crippen LogP contribution in [0.15, 0.2) is 0 Å². The van der Waals surface area contributed by atoms with Crippen molar-refractivity contribution in [3.63, 3.8) is 0 Å². The predicted octanol–water partition coefficient (Wildman–Crippen LogP) is -0.292. The molecule has 0 amide bonds. The SMILES string of the molecule is CCC(CO[SiH3])OC. The van der Waals surface area contributed by atoms with Crippen molar-refractivity contribution in [1.29, 1.82) is 0 Å². The third kappa shape index (κ3) is 3.18. The molecule has 0 aliphatic heterocycles. The van der Waals surface area contributed by atoms with Gasteiger partial charge in [-0.1, -0.05) is 6.92 Å². The van der Waals surface area contributed by atoms with Gasteiger partial charge in [-0.2, -0.15) is 0 Å². The Labute approximate surface area is 53.7 Å². The van der Waals surface area contributed by atoms with E-state index in [0.29, 0.717) is 6.10 Å². The highest BCUT2D eigenvalue weighted by atomic mass is 28.2. The fourth-order valence-electron chi connectivity index (χ4n) is 0.538. The van der Waals surface area contributed by atoms with Gasteiger partial charge in [0.2, 0.25) is 0 Å². The highest BCUT2D eigenvalue weighted by molar-refractivity contribution is 5.97. The zero-order chi connectivity index (χ0) is 6.41. The van der Waals surface area contributed by atoms with Gasteiger partial charge < -0.3 is 9.16 Å². The van der Waals surface area contributed by atoms with Crippen LogP contribution >= 0.6 is 0 Å². The molecule has 0 aliphatic carbocycles. The maximum absolute atomic E-state index is 5.04. The molecule has 0 aromatic heterocycles. The van der Waals surface area contributed by atoms with Crippen LogP contribution in [-0.2, 0) is 9.16 Å². The lowest BCUT2D eigenvalue weighted by molar-refractivity contribution is 0.0587. The summed E-state index contributed by atoms with van der Waals surface area (Å²) >= 11 is 0.